The molecule has 0 N–H and O–H groups in total. The van der Waals surface area contributed by atoms with Crippen molar-refractivity contribution in [3.05, 3.63) is 73.3 Å². The molecule has 0 saturated carbocycles. The van der Waals surface area contributed by atoms with Crippen molar-refractivity contribution in [2.45, 2.75) is 20.4 Å². The van der Waals surface area contributed by atoms with Gasteiger partial charge in [-0.05, 0) is 70.6 Å². The standard InChI is InChI=1S/C17H14N4O3S/c1-10-6-13-12(8-16(22)24-14(13)7-11(10)2)9-20-17(23)21(19-18-20)15-4-3-5-25-15/h3-8H,9H2,1-2H3. The molecule has 0 radical (unpaired) electrons. The van der Waals surface area contributed by atoms with Gasteiger partial charge in [-0.25, -0.2) is 9.59 Å². The van der Waals surface area contributed by atoms with Crippen LogP contribution >= 0.6 is 11.3 Å². The molecule has 8 heteroatoms. The molecule has 1 aromatic carbocycles. The zero-order valence-corrected chi connectivity index (χ0v) is 14.4. The van der Waals surface area contributed by atoms with Crippen LogP contribution in [0.3, 0.4) is 0 Å². The summed E-state index contributed by atoms with van der Waals surface area (Å²) in [6.07, 6.45) is 0. The highest BCUT2D eigenvalue weighted by Crippen LogP contribution is 2.22. The third-order valence-corrected chi connectivity index (χ3v) is 4.96. The fraction of sp³-hybridized carbons (Fsp3) is 0.176. The molecule has 126 valence electrons. The summed E-state index contributed by atoms with van der Waals surface area (Å²) >= 11 is 1.40. The topological polar surface area (TPSA) is 82.9 Å². The molecule has 25 heavy (non-hydrogen) atoms. The van der Waals surface area contributed by atoms with E-state index >= 15 is 0 Å². The molecular weight excluding hydrogens is 340 g/mol. The summed E-state index contributed by atoms with van der Waals surface area (Å²) in [5.41, 5.74) is 2.49. The van der Waals surface area contributed by atoms with Crippen LogP contribution < -0.4 is 11.3 Å². The predicted molar refractivity (Wildman–Crippen MR) is 94.6 cm³/mol. The van der Waals surface area contributed by atoms with Crippen LogP contribution in [0.1, 0.15) is 16.7 Å². The normalized spacial score (nSPS) is 11.3. The summed E-state index contributed by atoms with van der Waals surface area (Å²) < 4.78 is 7.77. The molecule has 0 unspecified atom stereocenters. The predicted octanol–water partition coefficient (Wildman–Crippen LogP) is 2.26. The van der Waals surface area contributed by atoms with Crippen LogP contribution in [0.15, 0.2) is 49.7 Å². The van der Waals surface area contributed by atoms with Crippen molar-refractivity contribution in [1.82, 2.24) is 19.8 Å². The summed E-state index contributed by atoms with van der Waals surface area (Å²) in [6.45, 7) is 4.09. The summed E-state index contributed by atoms with van der Waals surface area (Å²) in [6, 6.07) is 8.82. The molecule has 7 nitrogen and oxygen atoms in total. The fourth-order valence-electron chi connectivity index (χ4n) is 2.68. The first-order chi connectivity index (χ1) is 12.0. The molecule has 3 heterocycles. The summed E-state index contributed by atoms with van der Waals surface area (Å²) in [7, 11) is 0. The first kappa shape index (κ1) is 15.5. The summed E-state index contributed by atoms with van der Waals surface area (Å²) in [5.74, 6) is 0. The minimum atomic E-state index is -0.454. The molecule has 0 fully saturated rings. The van der Waals surface area contributed by atoms with Gasteiger partial charge in [0.05, 0.1) is 6.54 Å². The molecular formula is C17H14N4O3S. The minimum absolute atomic E-state index is 0.148. The Morgan fingerprint density at radius 3 is 2.68 bits per heavy atom. The van der Waals surface area contributed by atoms with Crippen molar-refractivity contribution in [1.29, 1.82) is 0 Å². The van der Waals surface area contributed by atoms with Gasteiger partial charge in [0.1, 0.15) is 10.6 Å². The minimum Gasteiger partial charge on any atom is -0.423 e. The van der Waals surface area contributed by atoms with E-state index in [1.165, 1.54) is 26.8 Å². The van der Waals surface area contributed by atoms with Gasteiger partial charge in [-0.2, -0.15) is 9.36 Å². The summed E-state index contributed by atoms with van der Waals surface area (Å²) in [5, 5.41) is 11.2. The Labute approximate surface area is 145 Å². The number of aryl methyl sites for hydroxylation is 2. The number of rotatable bonds is 3. The number of hydrogen-bond acceptors (Lipinski definition) is 6. The van der Waals surface area contributed by atoms with Crippen molar-refractivity contribution < 1.29 is 4.42 Å². The second-order valence-corrected chi connectivity index (χ2v) is 6.73. The second kappa shape index (κ2) is 5.82. The van der Waals surface area contributed by atoms with E-state index in [0.717, 1.165) is 16.5 Å². The van der Waals surface area contributed by atoms with E-state index in [1.807, 2.05) is 37.4 Å². The van der Waals surface area contributed by atoms with Gasteiger partial charge in [0.2, 0.25) is 0 Å². The maximum absolute atomic E-state index is 12.5. The number of hydrogen-bond donors (Lipinski definition) is 0. The van der Waals surface area contributed by atoms with Gasteiger partial charge in [0.25, 0.3) is 0 Å². The maximum atomic E-state index is 12.5. The number of benzene rings is 1. The van der Waals surface area contributed by atoms with Crippen LogP contribution in [-0.4, -0.2) is 19.8 Å². The van der Waals surface area contributed by atoms with E-state index in [9.17, 15) is 9.59 Å². The maximum Gasteiger partial charge on any atom is 0.369 e. The number of thiophene rings is 1. The Balaban J connectivity index is 1.83. The van der Waals surface area contributed by atoms with Crippen LogP contribution in [0.5, 0.6) is 0 Å². The van der Waals surface area contributed by atoms with Gasteiger partial charge >= 0.3 is 11.3 Å². The summed E-state index contributed by atoms with van der Waals surface area (Å²) in [4.78, 5) is 24.4. The lowest BCUT2D eigenvalue weighted by Gasteiger charge is -2.07. The molecule has 0 aliphatic rings. The van der Waals surface area contributed by atoms with Crippen molar-refractivity contribution in [3.63, 3.8) is 0 Å². The number of tetrazole rings is 1. The lowest BCUT2D eigenvalue weighted by molar-refractivity contribution is 0.554. The quantitative estimate of drug-likeness (QED) is 0.527. The number of nitrogens with zero attached hydrogens (tertiary/aromatic N) is 4. The van der Waals surface area contributed by atoms with E-state index in [0.29, 0.717) is 16.1 Å². The highest BCUT2D eigenvalue weighted by molar-refractivity contribution is 7.12. The molecule has 4 rings (SSSR count). The average molecular weight is 354 g/mol. The van der Waals surface area contributed by atoms with Crippen molar-refractivity contribution in [3.8, 4) is 5.00 Å². The Morgan fingerprint density at radius 1 is 1.12 bits per heavy atom. The second-order valence-electron chi connectivity index (χ2n) is 5.81. The monoisotopic (exact) mass is 354 g/mol. The molecule has 3 aromatic heterocycles. The third-order valence-electron chi connectivity index (χ3n) is 4.12. The van der Waals surface area contributed by atoms with E-state index in [2.05, 4.69) is 10.4 Å². The molecule has 0 bridgehead atoms. The van der Waals surface area contributed by atoms with Gasteiger partial charge in [-0.15, -0.1) is 11.3 Å². The lowest BCUT2D eigenvalue weighted by atomic mass is 10.0. The molecule has 0 atom stereocenters. The smallest absolute Gasteiger partial charge is 0.369 e. The first-order valence-corrected chi connectivity index (χ1v) is 8.51. The van der Waals surface area contributed by atoms with Crippen molar-refractivity contribution in [2.75, 3.05) is 0 Å². The SMILES string of the molecule is Cc1cc2oc(=O)cc(Cn3nnn(-c4cccs4)c3=O)c2cc1C. The highest BCUT2D eigenvalue weighted by Gasteiger charge is 2.13. The van der Waals surface area contributed by atoms with Crippen LogP contribution in [0.4, 0.5) is 0 Å². The third kappa shape index (κ3) is 2.70. The van der Waals surface area contributed by atoms with E-state index in [4.69, 9.17) is 4.42 Å². The van der Waals surface area contributed by atoms with Gasteiger partial charge in [-0.3, -0.25) is 0 Å². The molecule has 0 saturated heterocycles. The Bertz CT molecular complexity index is 1190. The van der Waals surface area contributed by atoms with Gasteiger partial charge < -0.3 is 4.42 Å². The van der Waals surface area contributed by atoms with Gasteiger partial charge in [-0.1, -0.05) is 0 Å². The Hall–Kier alpha value is -3.00. The lowest BCUT2D eigenvalue weighted by Crippen LogP contribution is -2.24. The number of fused-ring (bicyclic) bond motifs is 1. The molecule has 0 aliphatic heterocycles. The Morgan fingerprint density at radius 2 is 1.92 bits per heavy atom. The molecule has 0 amide bonds. The van der Waals surface area contributed by atoms with E-state index in [1.54, 1.807) is 6.07 Å². The Kier molecular flexibility index (Phi) is 3.61. The number of aromatic nitrogens is 4. The largest absolute Gasteiger partial charge is 0.423 e. The zero-order chi connectivity index (χ0) is 17.6. The van der Waals surface area contributed by atoms with Gasteiger partial charge in [0.15, 0.2) is 0 Å². The fourth-order valence-corrected chi connectivity index (χ4v) is 3.35. The van der Waals surface area contributed by atoms with Crippen LogP contribution in [0.2, 0.25) is 0 Å². The van der Waals surface area contributed by atoms with Crippen LogP contribution in [0.25, 0.3) is 16.0 Å². The average Bonchev–Trinajstić information content (AvgIpc) is 3.20. The van der Waals surface area contributed by atoms with E-state index < -0.39 is 5.63 Å². The van der Waals surface area contributed by atoms with Crippen LogP contribution in [-0.2, 0) is 6.54 Å². The van der Waals surface area contributed by atoms with Crippen LogP contribution in [0, 0.1) is 13.8 Å². The van der Waals surface area contributed by atoms with Crippen molar-refractivity contribution in [2.24, 2.45) is 0 Å². The highest BCUT2D eigenvalue weighted by atomic mass is 32.1. The first-order valence-electron chi connectivity index (χ1n) is 7.63. The zero-order valence-electron chi connectivity index (χ0n) is 13.6. The molecule has 0 aliphatic carbocycles. The van der Waals surface area contributed by atoms with E-state index in [-0.39, 0.29) is 12.2 Å². The molecule has 0 spiro atoms. The van der Waals surface area contributed by atoms with Crippen molar-refractivity contribution >= 4 is 22.3 Å². The molecule has 4 aromatic rings. The van der Waals surface area contributed by atoms with Gasteiger partial charge in [0, 0.05) is 11.5 Å².